The second kappa shape index (κ2) is 4.00. The molecule has 80 valence electrons. The number of alkyl halides is 3. The van der Waals surface area contributed by atoms with Crippen molar-refractivity contribution in [2.45, 2.75) is 19.6 Å². The van der Waals surface area contributed by atoms with Crippen LogP contribution in [0.5, 0.6) is 0 Å². The molecule has 0 aliphatic rings. The zero-order valence-electron chi connectivity index (χ0n) is 7.62. The Hall–Kier alpha value is -1.04. The Balaban J connectivity index is 2.83. The highest BCUT2D eigenvalue weighted by atomic mass is 19.4. The number of nitrogens with zero attached hydrogens (tertiary/aromatic N) is 2. The molecule has 0 saturated heterocycles. The van der Waals surface area contributed by atoms with E-state index >= 15 is 0 Å². The molecular formula is C8H11F3N2O. The lowest BCUT2D eigenvalue weighted by atomic mass is 10.2. The molecule has 6 heteroatoms. The van der Waals surface area contributed by atoms with Crippen molar-refractivity contribution in [3.8, 4) is 0 Å². The number of aliphatic hydroxyl groups excluding tert-OH is 1. The predicted molar refractivity (Wildman–Crippen MR) is 43.5 cm³/mol. The first-order valence-corrected chi connectivity index (χ1v) is 4.14. The summed E-state index contributed by atoms with van der Waals surface area (Å²) in [5, 5.41) is 8.71. The van der Waals surface area contributed by atoms with Gasteiger partial charge < -0.3 is 9.67 Å². The summed E-state index contributed by atoms with van der Waals surface area (Å²) in [7, 11) is 0. The molecule has 1 aromatic heterocycles. The van der Waals surface area contributed by atoms with Crippen molar-refractivity contribution in [2.75, 3.05) is 6.61 Å². The topological polar surface area (TPSA) is 38.0 Å². The van der Waals surface area contributed by atoms with Crippen molar-refractivity contribution in [3.05, 3.63) is 18.2 Å². The van der Waals surface area contributed by atoms with Gasteiger partial charge in [-0.05, 0) is 5.92 Å². The molecule has 14 heavy (non-hydrogen) atoms. The van der Waals surface area contributed by atoms with Crippen LogP contribution < -0.4 is 0 Å². The van der Waals surface area contributed by atoms with Crippen LogP contribution in [0.1, 0.15) is 12.7 Å². The Kier molecular flexibility index (Phi) is 3.15. The predicted octanol–water partition coefficient (Wildman–Crippen LogP) is 1.53. The van der Waals surface area contributed by atoms with E-state index in [4.69, 9.17) is 5.11 Å². The molecule has 0 saturated carbocycles. The van der Waals surface area contributed by atoms with Crippen molar-refractivity contribution in [1.29, 1.82) is 0 Å². The van der Waals surface area contributed by atoms with Gasteiger partial charge in [-0.3, -0.25) is 0 Å². The Labute approximate surface area is 79.2 Å². The minimum atomic E-state index is -4.43. The van der Waals surface area contributed by atoms with Gasteiger partial charge >= 0.3 is 6.18 Å². The molecule has 0 bridgehead atoms. The van der Waals surface area contributed by atoms with Crippen LogP contribution in [0.4, 0.5) is 13.2 Å². The Morgan fingerprint density at radius 1 is 1.57 bits per heavy atom. The number of rotatable bonds is 3. The van der Waals surface area contributed by atoms with Crippen LogP contribution in [0.2, 0.25) is 0 Å². The summed E-state index contributed by atoms with van der Waals surface area (Å²) in [5.74, 6) is -1.14. The lowest BCUT2D eigenvalue weighted by Crippen LogP contribution is -2.18. The van der Waals surface area contributed by atoms with Crippen LogP contribution in [0.15, 0.2) is 12.4 Å². The highest BCUT2D eigenvalue weighted by molar-refractivity contribution is 4.96. The first kappa shape index (κ1) is 11.0. The number of hydrogen-bond acceptors (Lipinski definition) is 2. The number of aromatic nitrogens is 2. The fourth-order valence-electron chi connectivity index (χ4n) is 1.11. The highest BCUT2D eigenvalue weighted by Crippen LogP contribution is 2.27. The summed E-state index contributed by atoms with van der Waals surface area (Å²) in [5.41, 5.74) is 0. The molecule has 0 spiro atoms. The monoisotopic (exact) mass is 208 g/mol. The SMILES string of the molecule is CC(CO)Cn1ccnc1C(F)(F)F. The van der Waals surface area contributed by atoms with E-state index in [1.54, 1.807) is 6.92 Å². The fourth-order valence-corrected chi connectivity index (χ4v) is 1.11. The van der Waals surface area contributed by atoms with Crippen LogP contribution >= 0.6 is 0 Å². The summed E-state index contributed by atoms with van der Waals surface area (Å²) in [6.45, 7) is 1.64. The van der Waals surface area contributed by atoms with Crippen molar-refractivity contribution >= 4 is 0 Å². The molecule has 1 rings (SSSR count). The van der Waals surface area contributed by atoms with E-state index in [1.807, 2.05) is 0 Å². The molecule has 0 aliphatic heterocycles. The van der Waals surface area contributed by atoms with Gasteiger partial charge in [0.1, 0.15) is 0 Å². The molecule has 0 aliphatic carbocycles. The maximum atomic E-state index is 12.3. The Morgan fingerprint density at radius 2 is 2.21 bits per heavy atom. The van der Waals surface area contributed by atoms with Gasteiger partial charge in [0, 0.05) is 25.5 Å². The Morgan fingerprint density at radius 3 is 2.71 bits per heavy atom. The summed E-state index contributed by atoms with van der Waals surface area (Å²) in [6.07, 6.45) is -2.07. The first-order valence-electron chi connectivity index (χ1n) is 4.14. The third-order valence-electron chi connectivity index (χ3n) is 1.79. The first-order chi connectivity index (χ1) is 6.45. The lowest BCUT2D eigenvalue weighted by molar-refractivity contribution is -0.147. The molecule has 3 nitrogen and oxygen atoms in total. The third kappa shape index (κ3) is 2.47. The summed E-state index contributed by atoms with van der Waals surface area (Å²) >= 11 is 0. The quantitative estimate of drug-likeness (QED) is 0.818. The number of aliphatic hydroxyl groups is 1. The molecule has 0 radical (unpaired) electrons. The second-order valence-corrected chi connectivity index (χ2v) is 3.19. The van der Waals surface area contributed by atoms with Crippen LogP contribution in [0, 0.1) is 5.92 Å². The van der Waals surface area contributed by atoms with Gasteiger partial charge in [-0.2, -0.15) is 13.2 Å². The summed E-state index contributed by atoms with van der Waals surface area (Å²) in [6, 6.07) is 0. The van der Waals surface area contributed by atoms with E-state index < -0.39 is 12.0 Å². The minimum Gasteiger partial charge on any atom is -0.396 e. The molecule has 1 unspecified atom stereocenters. The second-order valence-electron chi connectivity index (χ2n) is 3.19. The molecule has 1 heterocycles. The van der Waals surface area contributed by atoms with E-state index in [-0.39, 0.29) is 19.1 Å². The van der Waals surface area contributed by atoms with E-state index in [1.165, 1.54) is 6.20 Å². The maximum absolute atomic E-state index is 12.3. The molecule has 1 atom stereocenters. The van der Waals surface area contributed by atoms with Gasteiger partial charge in [-0.15, -0.1) is 0 Å². The molecule has 1 N–H and O–H groups in total. The van der Waals surface area contributed by atoms with Crippen molar-refractivity contribution < 1.29 is 18.3 Å². The summed E-state index contributed by atoms with van der Waals surface area (Å²) in [4.78, 5) is 3.23. The van der Waals surface area contributed by atoms with Crippen LogP contribution in [0.25, 0.3) is 0 Å². The van der Waals surface area contributed by atoms with Gasteiger partial charge in [-0.1, -0.05) is 6.92 Å². The maximum Gasteiger partial charge on any atom is 0.449 e. The average molecular weight is 208 g/mol. The Bertz CT molecular complexity index is 295. The standard InChI is InChI=1S/C8H11F3N2O/c1-6(5-14)4-13-3-2-12-7(13)8(9,10)11/h2-3,6,14H,4-5H2,1H3. The minimum absolute atomic E-state index is 0.116. The van der Waals surface area contributed by atoms with E-state index in [9.17, 15) is 13.2 Å². The average Bonchev–Trinajstić information content (AvgIpc) is 2.51. The van der Waals surface area contributed by atoms with Crippen molar-refractivity contribution in [2.24, 2.45) is 5.92 Å². The van der Waals surface area contributed by atoms with Gasteiger partial charge in [-0.25, -0.2) is 4.98 Å². The van der Waals surface area contributed by atoms with Gasteiger partial charge in [0.05, 0.1) is 0 Å². The number of imidazole rings is 1. The van der Waals surface area contributed by atoms with Crippen LogP contribution in [-0.4, -0.2) is 21.3 Å². The smallest absolute Gasteiger partial charge is 0.396 e. The van der Waals surface area contributed by atoms with Crippen molar-refractivity contribution in [3.63, 3.8) is 0 Å². The van der Waals surface area contributed by atoms with Crippen LogP contribution in [0.3, 0.4) is 0 Å². The third-order valence-corrected chi connectivity index (χ3v) is 1.79. The normalized spacial score (nSPS) is 14.4. The van der Waals surface area contributed by atoms with E-state index in [0.717, 1.165) is 10.8 Å². The molecule has 0 fully saturated rings. The molecule has 1 aromatic rings. The summed E-state index contributed by atoms with van der Waals surface area (Å²) < 4.78 is 37.9. The zero-order valence-corrected chi connectivity index (χ0v) is 7.62. The largest absolute Gasteiger partial charge is 0.449 e. The number of hydrogen-bond donors (Lipinski definition) is 1. The number of halogens is 3. The van der Waals surface area contributed by atoms with Crippen molar-refractivity contribution in [1.82, 2.24) is 9.55 Å². The fraction of sp³-hybridized carbons (Fsp3) is 0.625. The molecule has 0 aromatic carbocycles. The van der Waals surface area contributed by atoms with E-state index in [0.29, 0.717) is 0 Å². The van der Waals surface area contributed by atoms with Crippen LogP contribution in [-0.2, 0) is 12.7 Å². The van der Waals surface area contributed by atoms with Gasteiger partial charge in [0.2, 0.25) is 5.82 Å². The van der Waals surface area contributed by atoms with E-state index in [2.05, 4.69) is 4.98 Å². The lowest BCUT2D eigenvalue weighted by Gasteiger charge is -2.13. The van der Waals surface area contributed by atoms with Gasteiger partial charge in [0.25, 0.3) is 0 Å². The molecule has 0 amide bonds. The van der Waals surface area contributed by atoms with Gasteiger partial charge in [0.15, 0.2) is 0 Å². The zero-order chi connectivity index (χ0) is 10.8. The highest BCUT2D eigenvalue weighted by Gasteiger charge is 2.36. The molecular weight excluding hydrogens is 197 g/mol.